The molecule has 150 valence electrons. The van der Waals surface area contributed by atoms with Gasteiger partial charge >= 0.3 is 25.8 Å². The summed E-state index contributed by atoms with van der Waals surface area (Å²) in [6.45, 7) is 13.2. The minimum atomic E-state index is 0. The average molecular weight is 590 g/mol. The molecule has 0 bridgehead atoms. The smallest absolute Gasteiger partial charge is 1.00 e. The predicted molar refractivity (Wildman–Crippen MR) is 112 cm³/mol. The maximum absolute atomic E-state index is 3.52. The van der Waals surface area contributed by atoms with Crippen molar-refractivity contribution in [1.82, 2.24) is 0 Å². The third-order valence-electron chi connectivity index (χ3n) is 5.78. The Labute approximate surface area is 208 Å². The molecule has 29 heavy (non-hydrogen) atoms. The molecule has 0 N–H and O–H groups in total. The van der Waals surface area contributed by atoms with E-state index in [0.29, 0.717) is 5.92 Å². The molecule has 1 atom stereocenters. The fourth-order valence-electron chi connectivity index (χ4n) is 3.74. The van der Waals surface area contributed by atoms with Crippen molar-refractivity contribution in [3.8, 4) is 0 Å². The number of hydrogen-bond donors (Lipinski definition) is 0. The van der Waals surface area contributed by atoms with Crippen LogP contribution in [0.1, 0.15) is 64.2 Å². The Kier molecular flexibility index (Phi) is 11.1. The summed E-state index contributed by atoms with van der Waals surface area (Å²) in [4.78, 5) is 0. The van der Waals surface area contributed by atoms with Gasteiger partial charge in [-0.2, -0.15) is 11.1 Å². The Hall–Kier alpha value is -0.890. The quantitative estimate of drug-likeness (QED) is 0.346. The van der Waals surface area contributed by atoms with Gasteiger partial charge in [-0.05, 0) is 5.92 Å². The summed E-state index contributed by atoms with van der Waals surface area (Å²) in [5.74, 6) is 0.457. The third-order valence-corrected chi connectivity index (χ3v) is 5.78. The summed E-state index contributed by atoms with van der Waals surface area (Å²) in [6.07, 6.45) is 6.95. The van der Waals surface area contributed by atoms with E-state index in [0.717, 1.165) is 0 Å². The van der Waals surface area contributed by atoms with Gasteiger partial charge in [0, 0.05) is 0 Å². The Balaban J connectivity index is 0.000000535. The fraction of sp³-hybridized carbons (Fsp3) is 0.308. The molecular formula is C26H28Cl2Hf. The van der Waals surface area contributed by atoms with Gasteiger partial charge in [0.1, 0.15) is 0 Å². The van der Waals surface area contributed by atoms with Gasteiger partial charge in [0.15, 0.2) is 0 Å². The van der Waals surface area contributed by atoms with E-state index in [-0.39, 0.29) is 56.1 Å². The molecule has 0 spiro atoms. The average Bonchev–Trinajstić information content (AvgIpc) is 3.06. The van der Waals surface area contributed by atoms with Crippen molar-refractivity contribution in [3.63, 3.8) is 0 Å². The molecule has 0 radical (unpaired) electrons. The second-order valence-electron chi connectivity index (χ2n) is 7.84. The molecule has 0 heterocycles. The van der Waals surface area contributed by atoms with Crippen LogP contribution in [0.5, 0.6) is 0 Å². The van der Waals surface area contributed by atoms with Crippen molar-refractivity contribution in [1.29, 1.82) is 0 Å². The molecule has 2 aromatic rings. The van der Waals surface area contributed by atoms with E-state index in [1.54, 1.807) is 0 Å². The SMILES string of the molecule is CC1=[C-]C(C)(C)C(C)=C1C.CC1C(c2ccccc2)=[C-]c2ccccc21.[Cl-].[Cl-].[Hf+4]. The molecule has 0 nitrogen and oxygen atoms in total. The maximum atomic E-state index is 3.52. The van der Waals surface area contributed by atoms with E-state index in [2.05, 4.69) is 108 Å². The molecule has 2 aliphatic carbocycles. The molecule has 0 saturated carbocycles. The van der Waals surface area contributed by atoms with Gasteiger partial charge in [0.25, 0.3) is 0 Å². The van der Waals surface area contributed by atoms with Gasteiger partial charge in [0.2, 0.25) is 0 Å². The predicted octanol–water partition coefficient (Wildman–Crippen LogP) is 1.16. The first-order chi connectivity index (χ1) is 12.3. The summed E-state index contributed by atoms with van der Waals surface area (Å²) in [5, 5.41) is 0. The van der Waals surface area contributed by atoms with Crippen LogP contribution in [0.15, 0.2) is 71.3 Å². The second-order valence-corrected chi connectivity index (χ2v) is 7.84. The first-order valence-corrected chi connectivity index (χ1v) is 9.39. The minimum Gasteiger partial charge on any atom is -1.00 e. The molecule has 3 heteroatoms. The van der Waals surface area contributed by atoms with Crippen LogP contribution >= 0.6 is 0 Å². The molecule has 0 amide bonds. The van der Waals surface area contributed by atoms with E-state index in [1.807, 2.05) is 0 Å². The molecule has 0 saturated heterocycles. The van der Waals surface area contributed by atoms with Crippen LogP contribution in [-0.2, 0) is 25.8 Å². The number of fused-ring (bicyclic) bond motifs is 1. The van der Waals surface area contributed by atoms with Gasteiger partial charge in [-0.15, -0.1) is 47.9 Å². The second kappa shape index (κ2) is 11.5. The number of allylic oxidation sites excluding steroid dienone is 5. The molecule has 2 aromatic carbocycles. The Morgan fingerprint density at radius 2 is 1.38 bits per heavy atom. The number of halogens is 2. The van der Waals surface area contributed by atoms with E-state index >= 15 is 0 Å². The van der Waals surface area contributed by atoms with Crippen LogP contribution in [0, 0.1) is 17.6 Å². The van der Waals surface area contributed by atoms with Gasteiger partial charge < -0.3 is 24.8 Å². The first-order valence-electron chi connectivity index (χ1n) is 9.39. The zero-order chi connectivity index (χ0) is 18.9. The van der Waals surface area contributed by atoms with Crippen LogP contribution in [0.2, 0.25) is 0 Å². The van der Waals surface area contributed by atoms with Crippen molar-refractivity contribution in [2.24, 2.45) is 5.41 Å². The zero-order valence-corrected chi connectivity index (χ0v) is 23.1. The molecule has 1 unspecified atom stereocenters. The van der Waals surface area contributed by atoms with Gasteiger partial charge in [0.05, 0.1) is 0 Å². The summed E-state index contributed by atoms with van der Waals surface area (Å²) in [5.41, 5.74) is 9.62. The van der Waals surface area contributed by atoms with Crippen LogP contribution < -0.4 is 24.8 Å². The van der Waals surface area contributed by atoms with Crippen molar-refractivity contribution < 1.29 is 50.7 Å². The normalized spacial score (nSPS) is 18.1. The Morgan fingerprint density at radius 1 is 0.828 bits per heavy atom. The van der Waals surface area contributed by atoms with E-state index in [4.69, 9.17) is 0 Å². The fourth-order valence-corrected chi connectivity index (χ4v) is 3.74. The summed E-state index contributed by atoms with van der Waals surface area (Å²) in [6, 6.07) is 19.0. The van der Waals surface area contributed by atoms with Gasteiger partial charge in [-0.25, -0.2) is 5.57 Å². The van der Waals surface area contributed by atoms with Crippen molar-refractivity contribution in [2.45, 2.75) is 47.5 Å². The van der Waals surface area contributed by atoms with Gasteiger partial charge in [-0.1, -0.05) is 82.0 Å². The van der Waals surface area contributed by atoms with Crippen molar-refractivity contribution >= 4 is 5.57 Å². The monoisotopic (exact) mass is 590 g/mol. The number of hydrogen-bond acceptors (Lipinski definition) is 0. The largest absolute Gasteiger partial charge is 4.00 e. The molecule has 4 rings (SSSR count). The summed E-state index contributed by atoms with van der Waals surface area (Å²) in [7, 11) is 0. The van der Waals surface area contributed by atoms with Crippen LogP contribution in [0.4, 0.5) is 0 Å². The first kappa shape index (κ1) is 28.1. The van der Waals surface area contributed by atoms with Crippen LogP contribution in [-0.4, -0.2) is 0 Å². The van der Waals surface area contributed by atoms with Gasteiger partial charge in [-0.3, -0.25) is 6.08 Å². The maximum Gasteiger partial charge on any atom is 4.00 e. The Morgan fingerprint density at radius 3 is 1.83 bits per heavy atom. The van der Waals surface area contributed by atoms with E-state index in [1.165, 1.54) is 39.0 Å². The van der Waals surface area contributed by atoms with Crippen molar-refractivity contribution in [2.75, 3.05) is 0 Å². The molecule has 2 aliphatic rings. The molecule has 0 fully saturated rings. The molecule has 0 aliphatic heterocycles. The third kappa shape index (κ3) is 6.06. The molecular weight excluding hydrogens is 562 g/mol. The van der Waals surface area contributed by atoms with Crippen LogP contribution in [0.25, 0.3) is 5.57 Å². The van der Waals surface area contributed by atoms with E-state index in [9.17, 15) is 0 Å². The number of rotatable bonds is 1. The topological polar surface area (TPSA) is 0 Å². The molecule has 0 aromatic heterocycles. The zero-order valence-electron chi connectivity index (χ0n) is 18.0. The Bertz CT molecular complexity index is 905. The summed E-state index contributed by atoms with van der Waals surface area (Å²) < 4.78 is 0. The number of benzene rings is 2. The van der Waals surface area contributed by atoms with Crippen LogP contribution in [0.3, 0.4) is 0 Å². The minimum absolute atomic E-state index is 0. The van der Waals surface area contributed by atoms with Crippen molar-refractivity contribution in [3.05, 3.63) is 100 Å². The van der Waals surface area contributed by atoms with E-state index < -0.39 is 0 Å². The summed E-state index contributed by atoms with van der Waals surface area (Å²) >= 11 is 0. The standard InChI is InChI=1S/C16H13.C10H15.2ClH.Hf/c1-12-15-10-6-5-9-14(15)11-16(12)13-7-3-2-4-8-13;1-7-6-10(4,5)9(3)8(7)2;;;/h2-10,12H,1H3;1-5H3;2*1H;/q2*-1;;;+4/p-2.